The maximum atomic E-state index is 5.92. The van der Waals surface area contributed by atoms with Gasteiger partial charge in [-0.25, -0.2) is 0 Å². The molecule has 0 radical (unpaired) electrons. The van der Waals surface area contributed by atoms with E-state index in [1.165, 1.54) is 36.6 Å². The zero-order chi connectivity index (χ0) is 13.4. The number of hydrogen-bond acceptors (Lipinski definition) is 2. The average molecular weight is 257 g/mol. The lowest BCUT2D eigenvalue weighted by molar-refractivity contribution is 0.197. The highest BCUT2D eigenvalue weighted by Gasteiger charge is 2.23. The van der Waals surface area contributed by atoms with E-state index in [4.69, 9.17) is 5.73 Å². The summed E-state index contributed by atoms with van der Waals surface area (Å²) in [5.74, 6) is 0. The predicted octanol–water partition coefficient (Wildman–Crippen LogP) is 3.27. The van der Waals surface area contributed by atoms with E-state index in [0.717, 1.165) is 11.7 Å². The summed E-state index contributed by atoms with van der Waals surface area (Å²) >= 11 is 0. The van der Waals surface area contributed by atoms with E-state index in [-0.39, 0.29) is 0 Å². The molecule has 1 aromatic heterocycles. The third-order valence-electron chi connectivity index (χ3n) is 4.54. The number of anilines is 1. The molecule has 0 atom stereocenters. The first kappa shape index (κ1) is 12.5. The minimum atomic E-state index is 0.635. The van der Waals surface area contributed by atoms with Crippen LogP contribution in [0.1, 0.15) is 31.7 Å². The molecular formula is C16H23N3. The van der Waals surface area contributed by atoms with Crippen LogP contribution in [0.2, 0.25) is 0 Å². The van der Waals surface area contributed by atoms with Crippen molar-refractivity contribution >= 4 is 16.6 Å². The molecule has 1 aromatic carbocycles. The lowest BCUT2D eigenvalue weighted by Gasteiger charge is -2.33. The Morgan fingerprint density at radius 1 is 1.11 bits per heavy atom. The summed E-state index contributed by atoms with van der Waals surface area (Å²) < 4.78 is 2.43. The second-order valence-electron chi connectivity index (χ2n) is 5.97. The number of nitrogen functional groups attached to an aromatic ring is 1. The Labute approximate surface area is 115 Å². The van der Waals surface area contributed by atoms with Gasteiger partial charge in [-0.3, -0.25) is 0 Å². The molecule has 0 spiro atoms. The molecule has 3 rings (SSSR count). The van der Waals surface area contributed by atoms with Gasteiger partial charge < -0.3 is 15.2 Å². The maximum Gasteiger partial charge on any atom is 0.0503 e. The fraction of sp³-hybridized carbons (Fsp3) is 0.500. The number of nitrogens with two attached hydrogens (primary N) is 1. The third kappa shape index (κ3) is 2.35. The van der Waals surface area contributed by atoms with Crippen molar-refractivity contribution in [3.63, 3.8) is 0 Å². The lowest BCUT2D eigenvalue weighted by atomic mass is 9.90. The molecule has 1 heterocycles. The van der Waals surface area contributed by atoms with Crippen molar-refractivity contribution in [2.45, 2.75) is 37.8 Å². The predicted molar refractivity (Wildman–Crippen MR) is 81.3 cm³/mol. The summed E-state index contributed by atoms with van der Waals surface area (Å²) in [6, 6.07) is 9.79. The Kier molecular flexibility index (Phi) is 3.23. The first-order chi connectivity index (χ1) is 9.15. The van der Waals surface area contributed by atoms with Crippen LogP contribution in [0, 0.1) is 0 Å². The van der Waals surface area contributed by atoms with Gasteiger partial charge >= 0.3 is 0 Å². The molecule has 19 heavy (non-hydrogen) atoms. The molecule has 3 nitrogen and oxygen atoms in total. The highest BCUT2D eigenvalue weighted by atomic mass is 15.1. The SMILES string of the molecule is CN(C)[C@H]1CC[C@H](n2ccc3ccc(N)cc32)CC1. The van der Waals surface area contributed by atoms with E-state index in [1.54, 1.807) is 0 Å². The highest BCUT2D eigenvalue weighted by Crippen LogP contribution is 2.33. The molecule has 0 saturated heterocycles. The van der Waals surface area contributed by atoms with Gasteiger partial charge in [-0.05, 0) is 63.4 Å². The summed E-state index contributed by atoms with van der Waals surface area (Å²) in [5, 5.41) is 1.30. The van der Waals surface area contributed by atoms with Crippen LogP contribution in [0.25, 0.3) is 10.9 Å². The summed E-state index contributed by atoms with van der Waals surface area (Å²) in [5.41, 5.74) is 8.06. The molecular weight excluding hydrogens is 234 g/mol. The fourth-order valence-electron chi connectivity index (χ4n) is 3.34. The van der Waals surface area contributed by atoms with Gasteiger partial charge in [0, 0.05) is 24.0 Å². The van der Waals surface area contributed by atoms with E-state index < -0.39 is 0 Å². The molecule has 0 unspecified atom stereocenters. The van der Waals surface area contributed by atoms with Crippen molar-refractivity contribution in [1.29, 1.82) is 0 Å². The minimum absolute atomic E-state index is 0.635. The monoisotopic (exact) mass is 257 g/mol. The third-order valence-corrected chi connectivity index (χ3v) is 4.54. The summed E-state index contributed by atoms with van der Waals surface area (Å²) in [6.45, 7) is 0. The smallest absolute Gasteiger partial charge is 0.0503 e. The Bertz CT molecular complexity index is 562. The molecule has 1 saturated carbocycles. The van der Waals surface area contributed by atoms with Gasteiger partial charge in [-0.15, -0.1) is 0 Å². The molecule has 1 aliphatic carbocycles. The van der Waals surface area contributed by atoms with Gasteiger partial charge in [0.15, 0.2) is 0 Å². The number of aromatic nitrogens is 1. The zero-order valence-corrected chi connectivity index (χ0v) is 11.8. The van der Waals surface area contributed by atoms with Crippen molar-refractivity contribution in [2.24, 2.45) is 0 Å². The second-order valence-corrected chi connectivity index (χ2v) is 5.97. The van der Waals surface area contributed by atoms with Gasteiger partial charge in [0.05, 0.1) is 5.52 Å². The highest BCUT2D eigenvalue weighted by molar-refractivity contribution is 5.83. The molecule has 0 bridgehead atoms. The van der Waals surface area contributed by atoms with Crippen LogP contribution in [-0.2, 0) is 0 Å². The zero-order valence-electron chi connectivity index (χ0n) is 11.8. The molecule has 2 N–H and O–H groups in total. The number of benzene rings is 1. The Morgan fingerprint density at radius 2 is 1.84 bits per heavy atom. The molecule has 2 aromatic rings. The van der Waals surface area contributed by atoms with Crippen molar-refractivity contribution in [2.75, 3.05) is 19.8 Å². The van der Waals surface area contributed by atoms with E-state index in [2.05, 4.69) is 48.0 Å². The van der Waals surface area contributed by atoms with E-state index in [1.807, 2.05) is 6.07 Å². The first-order valence-corrected chi connectivity index (χ1v) is 7.17. The van der Waals surface area contributed by atoms with Gasteiger partial charge in [0.2, 0.25) is 0 Å². The number of fused-ring (bicyclic) bond motifs is 1. The van der Waals surface area contributed by atoms with Crippen LogP contribution >= 0.6 is 0 Å². The fourth-order valence-corrected chi connectivity index (χ4v) is 3.34. The van der Waals surface area contributed by atoms with Crippen LogP contribution in [0.5, 0.6) is 0 Å². The molecule has 0 amide bonds. The molecule has 102 valence electrons. The largest absolute Gasteiger partial charge is 0.399 e. The standard InChI is InChI=1S/C16H23N3/c1-18(2)14-5-7-15(8-6-14)19-10-9-12-3-4-13(17)11-16(12)19/h3-4,9-11,14-15H,5-8,17H2,1-2H3/t14-,15-. The normalized spacial score (nSPS) is 24.2. The van der Waals surface area contributed by atoms with Crippen LogP contribution in [0.15, 0.2) is 30.5 Å². The molecule has 1 fully saturated rings. The number of rotatable bonds is 2. The van der Waals surface area contributed by atoms with Gasteiger partial charge in [0.1, 0.15) is 0 Å². The number of nitrogens with zero attached hydrogens (tertiary/aromatic N) is 2. The van der Waals surface area contributed by atoms with Crippen molar-refractivity contribution in [3.8, 4) is 0 Å². The number of hydrogen-bond donors (Lipinski definition) is 1. The molecule has 3 heteroatoms. The Hall–Kier alpha value is -1.48. The van der Waals surface area contributed by atoms with Crippen LogP contribution in [0.3, 0.4) is 0 Å². The van der Waals surface area contributed by atoms with Crippen molar-refractivity contribution < 1.29 is 0 Å². The Balaban J connectivity index is 1.84. The summed E-state index contributed by atoms with van der Waals surface area (Å²) in [7, 11) is 4.38. The Morgan fingerprint density at radius 3 is 2.53 bits per heavy atom. The van der Waals surface area contributed by atoms with Crippen LogP contribution in [-0.4, -0.2) is 29.6 Å². The van der Waals surface area contributed by atoms with Gasteiger partial charge in [-0.2, -0.15) is 0 Å². The minimum Gasteiger partial charge on any atom is -0.399 e. The van der Waals surface area contributed by atoms with Crippen molar-refractivity contribution in [1.82, 2.24) is 9.47 Å². The van der Waals surface area contributed by atoms with Crippen LogP contribution in [0.4, 0.5) is 5.69 Å². The van der Waals surface area contributed by atoms with Gasteiger partial charge in [0.25, 0.3) is 0 Å². The van der Waals surface area contributed by atoms with E-state index in [0.29, 0.717) is 6.04 Å². The van der Waals surface area contributed by atoms with E-state index >= 15 is 0 Å². The summed E-state index contributed by atoms with van der Waals surface area (Å²) in [4.78, 5) is 2.36. The summed E-state index contributed by atoms with van der Waals surface area (Å²) in [6.07, 6.45) is 7.34. The second kappa shape index (κ2) is 4.89. The topological polar surface area (TPSA) is 34.2 Å². The average Bonchev–Trinajstić information content (AvgIpc) is 2.81. The molecule has 0 aliphatic heterocycles. The van der Waals surface area contributed by atoms with Gasteiger partial charge in [-0.1, -0.05) is 6.07 Å². The maximum absolute atomic E-state index is 5.92. The quantitative estimate of drug-likeness (QED) is 0.838. The lowest BCUT2D eigenvalue weighted by Crippen LogP contribution is -2.32. The molecule has 1 aliphatic rings. The van der Waals surface area contributed by atoms with Crippen LogP contribution < -0.4 is 5.73 Å². The van der Waals surface area contributed by atoms with E-state index in [9.17, 15) is 0 Å². The van der Waals surface area contributed by atoms with Crippen molar-refractivity contribution in [3.05, 3.63) is 30.5 Å². The first-order valence-electron chi connectivity index (χ1n) is 7.17.